The van der Waals surface area contributed by atoms with E-state index in [0.29, 0.717) is 30.4 Å². The van der Waals surface area contributed by atoms with E-state index in [1.807, 2.05) is 19.1 Å². The van der Waals surface area contributed by atoms with Crippen LogP contribution in [0.5, 0.6) is 11.5 Å². The second-order valence-corrected chi connectivity index (χ2v) is 11.2. The molecule has 5 nitrogen and oxygen atoms in total. The summed E-state index contributed by atoms with van der Waals surface area (Å²) in [6.07, 6.45) is 11.0. The van der Waals surface area contributed by atoms with Gasteiger partial charge < -0.3 is 14.2 Å². The van der Waals surface area contributed by atoms with Gasteiger partial charge in [-0.1, -0.05) is 64.5 Å². The normalized spacial score (nSPS) is 17.6. The first kappa shape index (κ1) is 32.6. The van der Waals surface area contributed by atoms with Crippen LogP contribution in [0.4, 0.5) is 8.78 Å². The summed E-state index contributed by atoms with van der Waals surface area (Å²) in [5, 5.41) is 0. The molecule has 3 rings (SSSR count). The Morgan fingerprint density at radius 1 is 0.878 bits per heavy atom. The third-order valence-corrected chi connectivity index (χ3v) is 7.80. The van der Waals surface area contributed by atoms with Crippen molar-refractivity contribution in [3.63, 3.8) is 0 Å². The molecule has 0 amide bonds. The van der Waals surface area contributed by atoms with Crippen LogP contribution in [0, 0.1) is 11.7 Å². The molecule has 0 spiro atoms. The minimum atomic E-state index is -1.51. The Hall–Kier alpha value is -2.96. The molecular weight excluding hydrogens is 526 g/mol. The number of esters is 2. The molecule has 0 heterocycles. The molecule has 7 heteroatoms. The molecular formula is C34H46F2O5. The van der Waals surface area contributed by atoms with E-state index in [1.54, 1.807) is 18.2 Å². The highest BCUT2D eigenvalue weighted by Crippen LogP contribution is 2.30. The molecule has 0 unspecified atom stereocenters. The lowest BCUT2D eigenvalue weighted by Crippen LogP contribution is -2.29. The van der Waals surface area contributed by atoms with Gasteiger partial charge in [0.2, 0.25) is 0 Å². The average Bonchev–Trinajstić information content (AvgIpc) is 2.98. The van der Waals surface area contributed by atoms with Gasteiger partial charge in [-0.2, -0.15) is 0 Å². The number of aryl methyl sites for hydroxylation is 1. The average molecular weight is 573 g/mol. The van der Waals surface area contributed by atoms with Crippen molar-refractivity contribution in [2.24, 2.45) is 5.92 Å². The first-order valence-corrected chi connectivity index (χ1v) is 15.5. The monoisotopic (exact) mass is 572 g/mol. The van der Waals surface area contributed by atoms with E-state index in [1.165, 1.54) is 31.4 Å². The van der Waals surface area contributed by atoms with E-state index >= 15 is 0 Å². The number of ether oxygens (including phenoxy) is 3. The highest BCUT2D eigenvalue weighted by Gasteiger charge is 2.27. The van der Waals surface area contributed by atoms with E-state index in [0.717, 1.165) is 63.4 Å². The molecule has 1 fully saturated rings. The predicted octanol–water partition coefficient (Wildman–Crippen LogP) is 8.96. The molecule has 0 saturated heterocycles. The zero-order valence-electron chi connectivity index (χ0n) is 24.7. The molecule has 0 radical (unpaired) electrons. The fraction of sp³-hybridized carbons (Fsp3) is 0.588. The molecule has 1 atom stereocenters. The van der Waals surface area contributed by atoms with Gasteiger partial charge in [0.25, 0.3) is 0 Å². The molecule has 0 aromatic heterocycles. The van der Waals surface area contributed by atoms with Gasteiger partial charge in [-0.3, -0.25) is 0 Å². The van der Waals surface area contributed by atoms with E-state index in [4.69, 9.17) is 14.2 Å². The lowest BCUT2D eigenvalue weighted by Gasteiger charge is -2.28. The summed E-state index contributed by atoms with van der Waals surface area (Å²) in [7, 11) is 0. The topological polar surface area (TPSA) is 61.8 Å². The minimum absolute atomic E-state index is 0.131. The fourth-order valence-electron chi connectivity index (χ4n) is 5.18. The maximum atomic E-state index is 14.6. The van der Waals surface area contributed by atoms with Crippen molar-refractivity contribution in [2.75, 3.05) is 6.61 Å². The summed E-state index contributed by atoms with van der Waals surface area (Å²) in [6, 6.07) is 11.5. The number of hydrogen-bond acceptors (Lipinski definition) is 5. The van der Waals surface area contributed by atoms with Crippen molar-refractivity contribution in [3.05, 3.63) is 59.4 Å². The molecule has 0 N–H and O–H groups in total. The summed E-state index contributed by atoms with van der Waals surface area (Å²) in [5.74, 6) is -0.828. The number of carbonyl (C=O) groups excluding carboxylic acids is 2. The molecule has 2 aromatic rings. The quantitative estimate of drug-likeness (QED) is 0.108. The van der Waals surface area contributed by atoms with Crippen LogP contribution in [0.15, 0.2) is 42.5 Å². The van der Waals surface area contributed by atoms with Crippen molar-refractivity contribution < 1.29 is 32.6 Å². The van der Waals surface area contributed by atoms with E-state index < -0.39 is 23.9 Å². The SMILES string of the molecule is CCCCCCCOc1ccc(C(=O)Oc2ccc(CCC3CCC(OC(=O)[C@@H](F)CCCC)CC3)cc2)c(F)c1. The van der Waals surface area contributed by atoms with Gasteiger partial charge in [0.15, 0.2) is 6.17 Å². The number of halogens is 2. The Bertz CT molecular complexity index is 1060. The molecule has 1 saturated carbocycles. The molecule has 0 aliphatic heterocycles. The zero-order chi connectivity index (χ0) is 29.5. The zero-order valence-corrected chi connectivity index (χ0v) is 24.7. The number of hydrogen-bond donors (Lipinski definition) is 0. The molecule has 1 aliphatic rings. The van der Waals surface area contributed by atoms with E-state index in [9.17, 15) is 18.4 Å². The number of unbranched alkanes of at least 4 members (excludes halogenated alkanes) is 5. The van der Waals surface area contributed by atoms with Gasteiger partial charge in [0, 0.05) is 6.07 Å². The van der Waals surface area contributed by atoms with E-state index in [-0.39, 0.29) is 18.1 Å². The van der Waals surface area contributed by atoms with Crippen LogP contribution in [0.1, 0.15) is 113 Å². The summed E-state index contributed by atoms with van der Waals surface area (Å²) < 4.78 is 44.9. The molecule has 226 valence electrons. The van der Waals surface area contributed by atoms with Crippen LogP contribution in [-0.2, 0) is 16.0 Å². The summed E-state index contributed by atoms with van der Waals surface area (Å²) >= 11 is 0. The maximum Gasteiger partial charge on any atom is 0.346 e. The van der Waals surface area contributed by atoms with Crippen molar-refractivity contribution in [3.8, 4) is 11.5 Å². The Labute approximate surface area is 244 Å². The summed E-state index contributed by atoms with van der Waals surface area (Å²) in [6.45, 7) is 4.66. The van der Waals surface area contributed by atoms with Gasteiger partial charge in [0.05, 0.1) is 12.2 Å². The van der Waals surface area contributed by atoms with Crippen LogP contribution in [-0.4, -0.2) is 30.8 Å². The number of carbonyl (C=O) groups is 2. The van der Waals surface area contributed by atoms with Crippen LogP contribution < -0.4 is 9.47 Å². The molecule has 0 bridgehead atoms. The number of benzene rings is 2. The second-order valence-electron chi connectivity index (χ2n) is 11.2. The van der Waals surface area contributed by atoms with Crippen LogP contribution >= 0.6 is 0 Å². The smallest absolute Gasteiger partial charge is 0.346 e. The van der Waals surface area contributed by atoms with Gasteiger partial charge in [-0.15, -0.1) is 0 Å². The van der Waals surface area contributed by atoms with Crippen molar-refractivity contribution in [1.29, 1.82) is 0 Å². The first-order chi connectivity index (χ1) is 19.9. The Kier molecular flexibility index (Phi) is 14.1. The van der Waals surface area contributed by atoms with Crippen LogP contribution in [0.25, 0.3) is 0 Å². The molecule has 1 aliphatic carbocycles. The lowest BCUT2D eigenvalue weighted by molar-refractivity contribution is -0.157. The van der Waals surface area contributed by atoms with Gasteiger partial charge in [-0.05, 0) is 87.1 Å². The van der Waals surface area contributed by atoms with Gasteiger partial charge >= 0.3 is 11.9 Å². The Morgan fingerprint density at radius 3 is 2.24 bits per heavy atom. The summed E-state index contributed by atoms with van der Waals surface area (Å²) in [5.41, 5.74) is 0.991. The standard InChI is InChI=1S/C34H46F2O5/c1-3-5-7-8-9-23-39-29-21-22-30(32(36)24-29)33(37)40-27-17-13-25(14-18-27)11-12-26-15-19-28(20-16-26)41-34(38)31(35)10-6-4-2/h13-14,17-18,21-22,24,26,28,31H,3-12,15-16,19-20,23H2,1-2H3/t26?,28?,31-/m0/s1. The fourth-order valence-corrected chi connectivity index (χ4v) is 5.18. The largest absolute Gasteiger partial charge is 0.493 e. The Morgan fingerprint density at radius 2 is 1.56 bits per heavy atom. The third-order valence-electron chi connectivity index (χ3n) is 7.80. The summed E-state index contributed by atoms with van der Waals surface area (Å²) in [4.78, 5) is 24.5. The van der Waals surface area contributed by atoms with E-state index in [2.05, 4.69) is 6.92 Å². The highest BCUT2D eigenvalue weighted by molar-refractivity contribution is 5.91. The maximum absolute atomic E-state index is 14.6. The minimum Gasteiger partial charge on any atom is -0.493 e. The van der Waals surface area contributed by atoms with Crippen LogP contribution in [0.2, 0.25) is 0 Å². The van der Waals surface area contributed by atoms with Crippen LogP contribution in [0.3, 0.4) is 0 Å². The Balaban J connectivity index is 1.37. The number of rotatable bonds is 17. The predicted molar refractivity (Wildman–Crippen MR) is 157 cm³/mol. The van der Waals surface area contributed by atoms with Crippen molar-refractivity contribution in [2.45, 2.75) is 116 Å². The van der Waals surface area contributed by atoms with Gasteiger partial charge in [-0.25, -0.2) is 18.4 Å². The molecule has 2 aromatic carbocycles. The lowest BCUT2D eigenvalue weighted by atomic mass is 9.83. The second kappa shape index (κ2) is 17.8. The van der Waals surface area contributed by atoms with Crippen molar-refractivity contribution in [1.82, 2.24) is 0 Å². The number of alkyl halides is 1. The van der Waals surface area contributed by atoms with Gasteiger partial charge in [0.1, 0.15) is 23.4 Å². The van der Waals surface area contributed by atoms with Crippen molar-refractivity contribution >= 4 is 11.9 Å². The highest BCUT2D eigenvalue weighted by atomic mass is 19.1. The third kappa shape index (κ3) is 11.4. The molecule has 41 heavy (non-hydrogen) atoms. The first-order valence-electron chi connectivity index (χ1n) is 15.5.